The Bertz CT molecular complexity index is 665. The highest BCUT2D eigenvalue weighted by atomic mass is 19.1. The Morgan fingerprint density at radius 1 is 1.44 bits per heavy atom. The number of carbonyl (C=O) groups excluding carboxylic acids is 2. The summed E-state index contributed by atoms with van der Waals surface area (Å²) in [5, 5.41) is 12.5. The fourth-order valence-corrected chi connectivity index (χ4v) is 2.87. The van der Waals surface area contributed by atoms with Gasteiger partial charge < -0.3 is 20.1 Å². The molecule has 1 saturated carbocycles. The number of aliphatic hydroxyl groups excluding tert-OH is 1. The molecule has 1 saturated heterocycles. The number of likely N-dealkylation sites (tertiary alicyclic amines) is 1. The highest BCUT2D eigenvalue weighted by molar-refractivity contribution is 5.93. The van der Waals surface area contributed by atoms with Crippen molar-refractivity contribution in [2.75, 3.05) is 26.7 Å². The molecule has 2 heterocycles. The number of hydrogen-bond donors (Lipinski definition) is 2. The van der Waals surface area contributed by atoms with Gasteiger partial charge in [0.25, 0.3) is 5.91 Å². The second-order valence-electron chi connectivity index (χ2n) is 6.67. The van der Waals surface area contributed by atoms with Crippen molar-refractivity contribution in [2.45, 2.75) is 25.4 Å². The van der Waals surface area contributed by atoms with E-state index < -0.39 is 17.8 Å². The normalized spacial score (nSPS) is 22.8. The minimum absolute atomic E-state index is 0.0571. The van der Waals surface area contributed by atoms with E-state index in [4.69, 9.17) is 4.74 Å². The Labute approximate surface area is 145 Å². The first-order valence-corrected chi connectivity index (χ1v) is 8.44. The van der Waals surface area contributed by atoms with Crippen LogP contribution in [0.15, 0.2) is 12.3 Å². The lowest BCUT2D eigenvalue weighted by Gasteiger charge is -2.16. The number of pyridine rings is 1. The summed E-state index contributed by atoms with van der Waals surface area (Å²) in [5.74, 6) is -1.08. The van der Waals surface area contributed by atoms with Crippen molar-refractivity contribution in [3.63, 3.8) is 0 Å². The summed E-state index contributed by atoms with van der Waals surface area (Å²) in [7, 11) is 1.51. The van der Waals surface area contributed by atoms with Crippen LogP contribution in [0.3, 0.4) is 0 Å². The quantitative estimate of drug-likeness (QED) is 0.782. The standard InChI is InChI=1S/C17H22FN3O4/c1-19-15(23)4-11-7-21(8-14(11)22)17(24)16-13(18)5-12(6-20-16)25-9-10-2-3-10/h5-6,10-11,14,22H,2-4,7-9H2,1H3,(H,19,23)/t11-,14-/m1/s1. The van der Waals surface area contributed by atoms with Crippen LogP contribution < -0.4 is 10.1 Å². The average molecular weight is 351 g/mol. The van der Waals surface area contributed by atoms with Crippen LogP contribution in [0.4, 0.5) is 4.39 Å². The Balaban J connectivity index is 1.63. The number of ether oxygens (including phenoxy) is 1. The summed E-state index contributed by atoms with van der Waals surface area (Å²) in [6.07, 6.45) is 2.89. The molecule has 0 aromatic carbocycles. The molecule has 0 bridgehead atoms. The number of rotatable bonds is 6. The van der Waals surface area contributed by atoms with Crippen LogP contribution >= 0.6 is 0 Å². The Morgan fingerprint density at radius 3 is 2.84 bits per heavy atom. The van der Waals surface area contributed by atoms with Crippen molar-refractivity contribution in [1.82, 2.24) is 15.2 Å². The predicted octanol–water partition coefficient (Wildman–Crippen LogP) is 0.578. The zero-order valence-corrected chi connectivity index (χ0v) is 14.1. The number of carbonyl (C=O) groups is 2. The van der Waals surface area contributed by atoms with Crippen molar-refractivity contribution in [2.24, 2.45) is 11.8 Å². The first-order chi connectivity index (χ1) is 12.0. The van der Waals surface area contributed by atoms with Gasteiger partial charge in [-0.25, -0.2) is 9.37 Å². The number of halogens is 1. The summed E-state index contributed by atoms with van der Waals surface area (Å²) in [4.78, 5) is 29.1. The van der Waals surface area contributed by atoms with Gasteiger partial charge in [-0.15, -0.1) is 0 Å². The molecule has 1 aromatic rings. The van der Waals surface area contributed by atoms with Crippen LogP contribution in [0.1, 0.15) is 29.8 Å². The number of hydrogen-bond acceptors (Lipinski definition) is 5. The van der Waals surface area contributed by atoms with E-state index in [1.54, 1.807) is 0 Å². The number of nitrogens with zero attached hydrogens (tertiary/aromatic N) is 2. The van der Waals surface area contributed by atoms with E-state index in [2.05, 4.69) is 10.3 Å². The lowest BCUT2D eigenvalue weighted by Crippen LogP contribution is -2.31. The SMILES string of the molecule is CNC(=O)C[C@@H]1CN(C(=O)c2ncc(OCC3CC3)cc2F)C[C@H]1O. The van der Waals surface area contributed by atoms with Gasteiger partial charge in [0.2, 0.25) is 5.91 Å². The molecule has 3 rings (SSSR count). The molecule has 1 aromatic heterocycles. The van der Waals surface area contributed by atoms with Gasteiger partial charge in [0, 0.05) is 38.5 Å². The number of nitrogens with one attached hydrogen (secondary N) is 1. The maximum atomic E-state index is 14.2. The van der Waals surface area contributed by atoms with Crippen molar-refractivity contribution in [1.29, 1.82) is 0 Å². The van der Waals surface area contributed by atoms with Gasteiger partial charge >= 0.3 is 0 Å². The predicted molar refractivity (Wildman–Crippen MR) is 86.5 cm³/mol. The van der Waals surface area contributed by atoms with E-state index in [1.807, 2.05) is 0 Å². The summed E-state index contributed by atoms with van der Waals surface area (Å²) >= 11 is 0. The van der Waals surface area contributed by atoms with Gasteiger partial charge in [0.05, 0.1) is 18.9 Å². The molecular formula is C17H22FN3O4. The van der Waals surface area contributed by atoms with E-state index in [9.17, 15) is 19.1 Å². The van der Waals surface area contributed by atoms with Crippen molar-refractivity contribution in [3.8, 4) is 5.75 Å². The van der Waals surface area contributed by atoms with Crippen molar-refractivity contribution < 1.29 is 23.8 Å². The molecule has 0 spiro atoms. The Kier molecular flexibility index (Phi) is 5.17. The zero-order valence-electron chi connectivity index (χ0n) is 14.1. The van der Waals surface area contributed by atoms with E-state index in [0.717, 1.165) is 18.9 Å². The van der Waals surface area contributed by atoms with Crippen LogP contribution in [0.25, 0.3) is 0 Å². The number of aliphatic hydroxyl groups is 1. The van der Waals surface area contributed by atoms with Gasteiger partial charge in [-0.05, 0) is 18.8 Å². The highest BCUT2D eigenvalue weighted by Gasteiger charge is 2.36. The number of β-amino-alcohol motifs (C(OH)–C–C–N with tert-alkyl or cyclic N) is 1. The highest BCUT2D eigenvalue weighted by Crippen LogP contribution is 2.30. The largest absolute Gasteiger partial charge is 0.492 e. The van der Waals surface area contributed by atoms with E-state index >= 15 is 0 Å². The number of aromatic nitrogens is 1. The Hall–Kier alpha value is -2.22. The summed E-state index contributed by atoms with van der Waals surface area (Å²) < 4.78 is 19.7. The molecular weight excluding hydrogens is 329 g/mol. The smallest absolute Gasteiger partial charge is 0.275 e. The van der Waals surface area contributed by atoms with Crippen LogP contribution in [0, 0.1) is 17.7 Å². The molecule has 0 unspecified atom stereocenters. The molecule has 0 radical (unpaired) electrons. The van der Waals surface area contributed by atoms with E-state index in [0.29, 0.717) is 18.3 Å². The van der Waals surface area contributed by atoms with Crippen LogP contribution in [0.2, 0.25) is 0 Å². The maximum absolute atomic E-state index is 14.2. The second-order valence-corrected chi connectivity index (χ2v) is 6.67. The van der Waals surface area contributed by atoms with Crippen LogP contribution in [-0.2, 0) is 4.79 Å². The summed E-state index contributed by atoms with van der Waals surface area (Å²) in [5.41, 5.74) is -0.299. The molecule has 7 nitrogen and oxygen atoms in total. The molecule has 136 valence electrons. The second kappa shape index (κ2) is 7.35. The van der Waals surface area contributed by atoms with Gasteiger partial charge in [0.15, 0.2) is 11.5 Å². The first kappa shape index (κ1) is 17.6. The van der Waals surface area contributed by atoms with Gasteiger partial charge in [-0.3, -0.25) is 9.59 Å². The Morgan fingerprint density at radius 2 is 2.20 bits per heavy atom. The third kappa shape index (κ3) is 4.25. The molecule has 1 aliphatic carbocycles. The maximum Gasteiger partial charge on any atom is 0.275 e. The molecule has 2 fully saturated rings. The van der Waals surface area contributed by atoms with Gasteiger partial charge in [0.1, 0.15) is 5.75 Å². The van der Waals surface area contributed by atoms with Crippen LogP contribution in [0.5, 0.6) is 5.75 Å². The van der Waals surface area contributed by atoms with Crippen molar-refractivity contribution in [3.05, 3.63) is 23.8 Å². The molecule has 8 heteroatoms. The molecule has 2 aliphatic rings. The van der Waals surface area contributed by atoms with Gasteiger partial charge in [-0.1, -0.05) is 0 Å². The first-order valence-electron chi connectivity index (χ1n) is 8.44. The fraction of sp³-hybridized carbons (Fsp3) is 0.588. The summed E-state index contributed by atoms with van der Waals surface area (Å²) in [6.45, 7) is 0.782. The van der Waals surface area contributed by atoms with Crippen molar-refractivity contribution >= 4 is 11.8 Å². The lowest BCUT2D eigenvalue weighted by molar-refractivity contribution is -0.122. The average Bonchev–Trinajstić information content (AvgIpc) is 3.35. The van der Waals surface area contributed by atoms with E-state index in [-0.39, 0.29) is 37.0 Å². The topological polar surface area (TPSA) is 91.8 Å². The summed E-state index contributed by atoms with van der Waals surface area (Å²) in [6, 6.07) is 1.16. The third-order valence-corrected chi connectivity index (χ3v) is 4.62. The lowest BCUT2D eigenvalue weighted by atomic mass is 10.0. The molecule has 25 heavy (non-hydrogen) atoms. The fourth-order valence-electron chi connectivity index (χ4n) is 2.87. The molecule has 2 N–H and O–H groups in total. The monoisotopic (exact) mass is 351 g/mol. The minimum atomic E-state index is -0.814. The number of amides is 2. The molecule has 2 amide bonds. The third-order valence-electron chi connectivity index (χ3n) is 4.62. The van der Waals surface area contributed by atoms with Gasteiger partial charge in [-0.2, -0.15) is 0 Å². The molecule has 1 aliphatic heterocycles. The minimum Gasteiger partial charge on any atom is -0.492 e. The van der Waals surface area contributed by atoms with E-state index in [1.165, 1.54) is 18.1 Å². The molecule has 2 atom stereocenters. The van der Waals surface area contributed by atoms with Crippen LogP contribution in [-0.4, -0.2) is 59.7 Å². The zero-order chi connectivity index (χ0) is 18.0.